The molecule has 5 nitrogen and oxygen atoms in total. The van der Waals surface area contributed by atoms with Gasteiger partial charge in [-0.3, -0.25) is 5.43 Å². The lowest BCUT2D eigenvalue weighted by atomic mass is 10.1. The van der Waals surface area contributed by atoms with Crippen molar-refractivity contribution >= 4 is 32.4 Å². The van der Waals surface area contributed by atoms with Crippen LogP contribution in [0.25, 0.3) is 10.2 Å². The molecule has 2 heterocycles. The van der Waals surface area contributed by atoms with Crippen LogP contribution in [0.1, 0.15) is 12.5 Å². The molecule has 1 aliphatic heterocycles. The fraction of sp³-hybridized carbons (Fsp3) is 0.125. The summed E-state index contributed by atoms with van der Waals surface area (Å²) in [6, 6.07) is 13.8. The molecule has 110 valence electrons. The van der Waals surface area contributed by atoms with Crippen molar-refractivity contribution in [3.63, 3.8) is 0 Å². The van der Waals surface area contributed by atoms with Crippen LogP contribution in [0.3, 0.4) is 0 Å². The standard InChI is InChI=1S/C16H13N3O2S/c1-10(11-6-7-13-14(8-11)21-9-20-13)18-19-16-17-12-4-2-3-5-15(12)22-16/h2-8H,9H2,1H3,(H,17,19). The van der Waals surface area contributed by atoms with E-state index in [2.05, 4.69) is 15.5 Å². The zero-order chi connectivity index (χ0) is 14.9. The second-order valence-electron chi connectivity index (χ2n) is 4.86. The second kappa shape index (κ2) is 5.31. The predicted molar refractivity (Wildman–Crippen MR) is 88.0 cm³/mol. The Bertz CT molecular complexity index is 840. The highest BCUT2D eigenvalue weighted by atomic mass is 32.1. The maximum absolute atomic E-state index is 5.38. The van der Waals surface area contributed by atoms with Crippen LogP contribution >= 0.6 is 11.3 Å². The molecule has 0 fully saturated rings. The highest BCUT2D eigenvalue weighted by molar-refractivity contribution is 7.22. The van der Waals surface area contributed by atoms with Crippen LogP contribution in [0, 0.1) is 0 Å². The van der Waals surface area contributed by atoms with E-state index in [-0.39, 0.29) is 6.79 Å². The van der Waals surface area contributed by atoms with Crippen molar-refractivity contribution in [2.24, 2.45) is 5.10 Å². The van der Waals surface area contributed by atoms with Gasteiger partial charge in [0.05, 0.1) is 15.9 Å². The van der Waals surface area contributed by atoms with E-state index in [9.17, 15) is 0 Å². The quantitative estimate of drug-likeness (QED) is 0.589. The molecule has 0 saturated heterocycles. The number of para-hydroxylation sites is 1. The summed E-state index contributed by atoms with van der Waals surface area (Å²) < 4.78 is 11.8. The van der Waals surface area contributed by atoms with Crippen LogP contribution in [-0.2, 0) is 0 Å². The Morgan fingerprint density at radius 2 is 2.05 bits per heavy atom. The minimum absolute atomic E-state index is 0.277. The maximum atomic E-state index is 5.38. The third-order valence-corrected chi connectivity index (χ3v) is 4.34. The minimum atomic E-state index is 0.277. The Labute approximate surface area is 131 Å². The van der Waals surface area contributed by atoms with E-state index < -0.39 is 0 Å². The summed E-state index contributed by atoms with van der Waals surface area (Å²) in [6.45, 7) is 2.22. The second-order valence-corrected chi connectivity index (χ2v) is 5.89. The molecule has 0 saturated carbocycles. The molecule has 0 spiro atoms. The molecule has 6 heteroatoms. The van der Waals surface area contributed by atoms with Crippen LogP contribution in [0.4, 0.5) is 5.13 Å². The smallest absolute Gasteiger partial charge is 0.231 e. The van der Waals surface area contributed by atoms with E-state index in [0.717, 1.165) is 38.1 Å². The van der Waals surface area contributed by atoms with Crippen molar-refractivity contribution in [2.45, 2.75) is 6.92 Å². The number of rotatable bonds is 3. The summed E-state index contributed by atoms with van der Waals surface area (Å²) in [4.78, 5) is 4.49. The number of benzene rings is 2. The molecule has 22 heavy (non-hydrogen) atoms. The predicted octanol–water partition coefficient (Wildman–Crippen LogP) is 3.86. The fourth-order valence-electron chi connectivity index (χ4n) is 2.24. The van der Waals surface area contributed by atoms with Crippen LogP contribution < -0.4 is 14.9 Å². The van der Waals surface area contributed by atoms with E-state index in [0.29, 0.717) is 0 Å². The van der Waals surface area contributed by atoms with Gasteiger partial charge in [-0.1, -0.05) is 23.5 Å². The Kier molecular flexibility index (Phi) is 3.16. The molecular weight excluding hydrogens is 298 g/mol. The number of hydrogen-bond acceptors (Lipinski definition) is 6. The van der Waals surface area contributed by atoms with E-state index in [4.69, 9.17) is 9.47 Å². The molecule has 1 N–H and O–H groups in total. The van der Waals surface area contributed by atoms with Crippen molar-refractivity contribution < 1.29 is 9.47 Å². The van der Waals surface area contributed by atoms with Gasteiger partial charge in [-0.2, -0.15) is 5.10 Å². The topological polar surface area (TPSA) is 55.7 Å². The summed E-state index contributed by atoms with van der Waals surface area (Å²) in [6.07, 6.45) is 0. The molecule has 0 aliphatic carbocycles. The molecule has 3 aromatic rings. The molecular formula is C16H13N3O2S. The Balaban J connectivity index is 1.57. The zero-order valence-corrected chi connectivity index (χ0v) is 12.7. The van der Waals surface area contributed by atoms with Crippen molar-refractivity contribution in [1.82, 2.24) is 4.98 Å². The third kappa shape index (κ3) is 2.37. The molecule has 1 aromatic heterocycles. The molecule has 2 aromatic carbocycles. The number of nitrogens with zero attached hydrogens (tertiary/aromatic N) is 2. The number of anilines is 1. The highest BCUT2D eigenvalue weighted by Crippen LogP contribution is 2.32. The van der Waals surface area contributed by atoms with Crippen molar-refractivity contribution in [3.05, 3.63) is 48.0 Å². The van der Waals surface area contributed by atoms with Gasteiger partial charge in [0.25, 0.3) is 0 Å². The average Bonchev–Trinajstić information content (AvgIpc) is 3.17. The van der Waals surface area contributed by atoms with Crippen molar-refractivity contribution in [1.29, 1.82) is 0 Å². The molecule has 0 radical (unpaired) electrons. The number of fused-ring (bicyclic) bond motifs is 2. The number of hydrogen-bond donors (Lipinski definition) is 1. The molecule has 0 atom stereocenters. The number of ether oxygens (including phenoxy) is 2. The number of hydrazone groups is 1. The molecule has 0 amide bonds. The van der Waals surface area contributed by atoms with Crippen LogP contribution in [0.2, 0.25) is 0 Å². The SMILES string of the molecule is CC(=NNc1nc2ccccc2s1)c1ccc2c(c1)OCO2. The van der Waals surface area contributed by atoms with E-state index >= 15 is 0 Å². The lowest BCUT2D eigenvalue weighted by molar-refractivity contribution is 0.174. The van der Waals surface area contributed by atoms with Gasteiger partial charge in [0.2, 0.25) is 11.9 Å². The fourth-order valence-corrected chi connectivity index (χ4v) is 3.05. The van der Waals surface area contributed by atoms with Crippen LogP contribution in [0.15, 0.2) is 47.6 Å². The monoisotopic (exact) mass is 311 g/mol. The van der Waals surface area contributed by atoms with Crippen molar-refractivity contribution in [2.75, 3.05) is 12.2 Å². The Hall–Kier alpha value is -2.60. The van der Waals surface area contributed by atoms with Gasteiger partial charge >= 0.3 is 0 Å². The first kappa shape index (κ1) is 13.1. The molecule has 1 aliphatic rings. The van der Waals surface area contributed by atoms with Gasteiger partial charge in [-0.25, -0.2) is 4.98 Å². The lowest BCUT2D eigenvalue weighted by Crippen LogP contribution is -1.99. The summed E-state index contributed by atoms with van der Waals surface area (Å²) in [5.41, 5.74) is 5.84. The first-order valence-corrected chi connectivity index (χ1v) is 7.67. The Morgan fingerprint density at radius 1 is 1.18 bits per heavy atom. The summed E-state index contributed by atoms with van der Waals surface area (Å²) in [7, 11) is 0. The van der Waals surface area contributed by atoms with Crippen LogP contribution in [0.5, 0.6) is 11.5 Å². The van der Waals surface area contributed by atoms with Gasteiger partial charge in [0, 0.05) is 5.56 Å². The van der Waals surface area contributed by atoms with E-state index in [1.54, 1.807) is 11.3 Å². The summed E-state index contributed by atoms with van der Waals surface area (Å²) >= 11 is 1.58. The zero-order valence-electron chi connectivity index (χ0n) is 11.9. The van der Waals surface area contributed by atoms with Crippen LogP contribution in [-0.4, -0.2) is 17.5 Å². The number of thiazole rings is 1. The number of aromatic nitrogens is 1. The Morgan fingerprint density at radius 3 is 2.95 bits per heavy atom. The van der Waals surface area contributed by atoms with Gasteiger partial charge in [0.1, 0.15) is 0 Å². The molecule has 0 unspecified atom stereocenters. The number of nitrogens with one attached hydrogen (secondary N) is 1. The summed E-state index contributed by atoms with van der Waals surface area (Å²) in [5, 5.41) is 5.18. The van der Waals surface area contributed by atoms with Gasteiger partial charge < -0.3 is 9.47 Å². The first-order chi connectivity index (χ1) is 10.8. The van der Waals surface area contributed by atoms with Crippen molar-refractivity contribution in [3.8, 4) is 11.5 Å². The average molecular weight is 311 g/mol. The summed E-state index contributed by atoms with van der Waals surface area (Å²) in [5.74, 6) is 1.53. The minimum Gasteiger partial charge on any atom is -0.454 e. The largest absolute Gasteiger partial charge is 0.454 e. The maximum Gasteiger partial charge on any atom is 0.231 e. The van der Waals surface area contributed by atoms with E-state index in [1.807, 2.05) is 49.4 Å². The lowest BCUT2D eigenvalue weighted by Gasteiger charge is -2.03. The normalized spacial score (nSPS) is 13.6. The molecule has 4 rings (SSSR count). The van der Waals surface area contributed by atoms with Gasteiger partial charge in [-0.05, 0) is 37.3 Å². The highest BCUT2D eigenvalue weighted by Gasteiger charge is 2.14. The third-order valence-electron chi connectivity index (χ3n) is 3.40. The van der Waals surface area contributed by atoms with Gasteiger partial charge in [0.15, 0.2) is 11.5 Å². The molecule has 0 bridgehead atoms. The van der Waals surface area contributed by atoms with Gasteiger partial charge in [-0.15, -0.1) is 0 Å². The van der Waals surface area contributed by atoms with E-state index in [1.165, 1.54) is 0 Å². The first-order valence-electron chi connectivity index (χ1n) is 6.85.